The molecule has 1 aliphatic carbocycles. The fourth-order valence-electron chi connectivity index (χ4n) is 5.77. The summed E-state index contributed by atoms with van der Waals surface area (Å²) in [6.07, 6.45) is -0.511. The highest BCUT2D eigenvalue weighted by Crippen LogP contribution is 2.44. The Labute approximate surface area is 284 Å². The monoisotopic (exact) mass is 695 g/mol. The molecule has 2 atom stereocenters. The van der Waals surface area contributed by atoms with E-state index >= 15 is 0 Å². The lowest BCUT2D eigenvalue weighted by Crippen LogP contribution is -2.54. The molecule has 3 aromatic carbocycles. The van der Waals surface area contributed by atoms with Crippen LogP contribution in [0.2, 0.25) is 0 Å². The van der Waals surface area contributed by atoms with E-state index in [1.54, 1.807) is 13.8 Å². The summed E-state index contributed by atoms with van der Waals surface area (Å²) >= 11 is 0. The number of nitrogens with one attached hydrogen (secondary N) is 4. The number of primary amides is 1. The van der Waals surface area contributed by atoms with Crippen LogP contribution in [0.4, 0.5) is 15.3 Å². The molecule has 49 heavy (non-hydrogen) atoms. The van der Waals surface area contributed by atoms with Gasteiger partial charge in [-0.05, 0) is 64.3 Å². The first-order valence-corrected chi connectivity index (χ1v) is 17.3. The molecule has 3 aromatic rings. The molecule has 0 heterocycles. The van der Waals surface area contributed by atoms with Gasteiger partial charge in [0.2, 0.25) is 11.8 Å². The molecule has 2 unspecified atom stereocenters. The van der Waals surface area contributed by atoms with E-state index in [4.69, 9.17) is 10.5 Å². The van der Waals surface area contributed by atoms with Crippen LogP contribution in [0.3, 0.4) is 0 Å². The smallest absolute Gasteiger partial charge is 0.407 e. The highest BCUT2D eigenvalue weighted by Gasteiger charge is 2.32. The van der Waals surface area contributed by atoms with Gasteiger partial charge in [-0.1, -0.05) is 68.4 Å². The molecule has 0 aliphatic heterocycles. The molecule has 0 saturated heterocycles. The van der Waals surface area contributed by atoms with E-state index in [9.17, 15) is 37.3 Å². The number of aliphatic hydroxyl groups excluding tert-OH is 1. The topological polar surface area (TPSA) is 226 Å². The van der Waals surface area contributed by atoms with Crippen molar-refractivity contribution < 1.29 is 42.0 Å². The van der Waals surface area contributed by atoms with Gasteiger partial charge in [0.15, 0.2) is 0 Å². The summed E-state index contributed by atoms with van der Waals surface area (Å²) in [5, 5.41) is 19.9. The summed E-state index contributed by atoms with van der Waals surface area (Å²) in [6, 6.07) is 16.9. The van der Waals surface area contributed by atoms with Gasteiger partial charge in [0.25, 0.3) is 10.1 Å². The Morgan fingerprint density at radius 3 is 2.10 bits per heavy atom. The molecule has 1 aliphatic rings. The Morgan fingerprint density at radius 1 is 0.898 bits per heavy atom. The van der Waals surface area contributed by atoms with Gasteiger partial charge in [-0.25, -0.2) is 9.59 Å². The molecule has 5 amide bonds. The van der Waals surface area contributed by atoms with Gasteiger partial charge in [0, 0.05) is 18.2 Å². The fourth-order valence-corrected chi connectivity index (χ4v) is 6.43. The van der Waals surface area contributed by atoms with Gasteiger partial charge in [0.05, 0.1) is 6.61 Å². The number of carbonyl (C=O) groups excluding carboxylic acids is 4. The third kappa shape index (κ3) is 10.0. The van der Waals surface area contributed by atoms with Crippen molar-refractivity contribution >= 4 is 39.7 Å². The van der Waals surface area contributed by atoms with Gasteiger partial charge < -0.3 is 36.8 Å². The minimum Gasteiger partial charge on any atom is -0.449 e. The summed E-state index contributed by atoms with van der Waals surface area (Å²) in [6.45, 7) is 3.10. The number of rotatable bonds is 15. The van der Waals surface area contributed by atoms with E-state index in [1.807, 2.05) is 48.5 Å². The first-order valence-electron chi connectivity index (χ1n) is 15.7. The molecule has 0 radical (unpaired) electrons. The van der Waals surface area contributed by atoms with Gasteiger partial charge in [-0.2, -0.15) is 8.42 Å². The van der Waals surface area contributed by atoms with Crippen molar-refractivity contribution in [3.63, 3.8) is 0 Å². The summed E-state index contributed by atoms with van der Waals surface area (Å²) in [4.78, 5) is 51.1. The van der Waals surface area contributed by atoms with Gasteiger partial charge in [-0.3, -0.25) is 14.1 Å². The molecule has 0 bridgehead atoms. The van der Waals surface area contributed by atoms with E-state index in [-0.39, 0.29) is 48.7 Å². The maximum atomic E-state index is 13.5. The van der Waals surface area contributed by atoms with Crippen LogP contribution in [0.25, 0.3) is 11.1 Å². The lowest BCUT2D eigenvalue weighted by molar-refractivity contribution is -0.128. The van der Waals surface area contributed by atoms with Crippen molar-refractivity contribution in [1.29, 1.82) is 0 Å². The van der Waals surface area contributed by atoms with Crippen LogP contribution in [0.15, 0.2) is 66.7 Å². The highest BCUT2D eigenvalue weighted by molar-refractivity contribution is 7.85. The van der Waals surface area contributed by atoms with Crippen molar-refractivity contribution in [2.75, 3.05) is 18.5 Å². The predicted molar refractivity (Wildman–Crippen MR) is 182 cm³/mol. The molecule has 15 heteroatoms. The molecular formula is C34H41N5O9S. The molecular weight excluding hydrogens is 654 g/mol. The number of amides is 5. The molecule has 262 valence electrons. The Kier molecular flexibility index (Phi) is 12.3. The lowest BCUT2D eigenvalue weighted by Gasteiger charge is -2.25. The molecule has 0 saturated carbocycles. The molecule has 0 fully saturated rings. The van der Waals surface area contributed by atoms with Crippen LogP contribution >= 0.6 is 0 Å². The number of aliphatic hydroxyl groups is 1. The van der Waals surface area contributed by atoms with E-state index in [0.29, 0.717) is 0 Å². The zero-order valence-electron chi connectivity index (χ0n) is 27.1. The minimum absolute atomic E-state index is 0.0405. The first-order chi connectivity index (χ1) is 23.3. The quantitative estimate of drug-likeness (QED) is 0.0915. The van der Waals surface area contributed by atoms with Gasteiger partial charge in [-0.15, -0.1) is 0 Å². The minimum atomic E-state index is -4.44. The third-order valence-corrected chi connectivity index (χ3v) is 8.83. The van der Waals surface area contributed by atoms with Crippen molar-refractivity contribution in [1.82, 2.24) is 16.0 Å². The average Bonchev–Trinajstić information content (AvgIpc) is 3.36. The molecule has 8 N–H and O–H groups in total. The summed E-state index contributed by atoms with van der Waals surface area (Å²) < 4.78 is 37.9. The second kappa shape index (κ2) is 16.4. The maximum absolute atomic E-state index is 13.5. The Hall–Kier alpha value is -4.99. The Bertz CT molecular complexity index is 1750. The number of fused-ring (bicyclic) bond motifs is 3. The number of hydrogen-bond acceptors (Lipinski definition) is 8. The predicted octanol–water partition coefficient (Wildman–Crippen LogP) is 3.00. The number of benzene rings is 3. The van der Waals surface area contributed by atoms with E-state index in [2.05, 4.69) is 21.3 Å². The van der Waals surface area contributed by atoms with Crippen LogP contribution in [-0.4, -0.2) is 67.3 Å². The lowest BCUT2D eigenvalue weighted by atomic mass is 9.98. The third-order valence-electron chi connectivity index (χ3n) is 8.15. The number of nitrogens with two attached hydrogens (primary N) is 1. The van der Waals surface area contributed by atoms with Crippen LogP contribution in [0.5, 0.6) is 0 Å². The molecule has 0 spiro atoms. The molecule has 14 nitrogen and oxygen atoms in total. The van der Waals surface area contributed by atoms with Crippen LogP contribution in [0.1, 0.15) is 54.9 Å². The number of urea groups is 1. The average molecular weight is 696 g/mol. The van der Waals surface area contributed by atoms with Crippen LogP contribution in [-0.2, 0) is 36.8 Å². The summed E-state index contributed by atoms with van der Waals surface area (Å²) in [5.74, 6) is -2.71. The van der Waals surface area contributed by atoms with E-state index < -0.39 is 64.4 Å². The zero-order valence-corrected chi connectivity index (χ0v) is 28.0. The first kappa shape index (κ1) is 36.8. The van der Waals surface area contributed by atoms with Crippen molar-refractivity contribution in [2.24, 2.45) is 11.7 Å². The summed E-state index contributed by atoms with van der Waals surface area (Å²) in [7, 11) is -4.44. The van der Waals surface area contributed by atoms with E-state index in [0.717, 1.165) is 22.3 Å². The SMILES string of the molecule is CC(C)C(NC(=O)OCC1c2ccccc2-c2ccccc21)C(=O)NC(CCCNC(N)=O)C(=O)Nc1ccc(CO)c(CS(=O)(=O)O)c1. The zero-order chi connectivity index (χ0) is 35.7. The number of carbonyl (C=O) groups is 4. The second-order valence-electron chi connectivity index (χ2n) is 12.0. The Balaban J connectivity index is 1.44. The van der Waals surface area contributed by atoms with Crippen molar-refractivity contribution in [2.45, 2.75) is 57.1 Å². The number of alkyl carbamates (subject to hydrolysis) is 1. The van der Waals surface area contributed by atoms with Crippen molar-refractivity contribution in [3.05, 3.63) is 89.0 Å². The molecule has 4 rings (SSSR count). The normalized spacial score (nSPS) is 13.5. The van der Waals surface area contributed by atoms with Crippen LogP contribution in [0, 0.1) is 5.92 Å². The standard InChI is InChI=1S/C34H41N5O9S/c1-20(2)30(39-34(44)48-18-28-26-10-5-3-8-24(26)25-9-4-6-11-27(25)28)32(42)38-29(12-7-15-36-33(35)43)31(41)37-23-14-13-21(17-40)22(16-23)19-49(45,46)47/h3-6,8-11,13-14,16,20,28-30,40H,7,12,15,17-19H2,1-2H3,(H,37,41)(H,38,42)(H,39,44)(H3,35,36,43)(H,45,46,47). The van der Waals surface area contributed by atoms with Crippen molar-refractivity contribution in [3.8, 4) is 11.1 Å². The number of anilines is 1. The summed E-state index contributed by atoms with van der Waals surface area (Å²) in [5.41, 5.74) is 9.79. The molecule has 0 aromatic heterocycles. The highest BCUT2D eigenvalue weighted by atomic mass is 32.2. The van der Waals surface area contributed by atoms with E-state index in [1.165, 1.54) is 18.2 Å². The second-order valence-corrected chi connectivity index (χ2v) is 13.5. The maximum Gasteiger partial charge on any atom is 0.407 e. The fraction of sp³-hybridized carbons (Fsp3) is 0.353. The van der Waals surface area contributed by atoms with Crippen LogP contribution < -0.4 is 27.0 Å². The number of hydrogen-bond donors (Lipinski definition) is 7. The largest absolute Gasteiger partial charge is 0.449 e. The Morgan fingerprint density at radius 2 is 1.53 bits per heavy atom. The van der Waals surface area contributed by atoms with Gasteiger partial charge in [0.1, 0.15) is 24.4 Å². The number of ether oxygens (including phenoxy) is 1. The van der Waals surface area contributed by atoms with Gasteiger partial charge >= 0.3 is 12.1 Å².